The van der Waals surface area contributed by atoms with Gasteiger partial charge in [-0.1, -0.05) is 41.5 Å². The van der Waals surface area contributed by atoms with Gasteiger partial charge in [0.15, 0.2) is 23.7 Å². The van der Waals surface area contributed by atoms with Gasteiger partial charge >= 0.3 is 5.97 Å². The summed E-state index contributed by atoms with van der Waals surface area (Å²) >= 11 is 0. The maximum absolute atomic E-state index is 12.3. The molecule has 15 nitrogen and oxygen atoms in total. The maximum atomic E-state index is 12.3. The smallest absolute Gasteiger partial charge is 0.311 e. The molecule has 358 valence electrons. The molecule has 0 radical (unpaired) electrons. The van der Waals surface area contributed by atoms with Crippen LogP contribution in [-0.4, -0.2) is 145 Å². The van der Waals surface area contributed by atoms with Crippen LogP contribution in [0.5, 0.6) is 0 Å². The van der Waals surface area contributed by atoms with Crippen molar-refractivity contribution in [2.24, 2.45) is 41.4 Å². The van der Waals surface area contributed by atoms with Crippen LogP contribution in [0, 0.1) is 41.4 Å². The van der Waals surface area contributed by atoms with Crippen molar-refractivity contribution in [3.63, 3.8) is 0 Å². The van der Waals surface area contributed by atoms with Crippen LogP contribution >= 0.6 is 0 Å². The number of methoxy groups -OCH3 is 3. The number of rotatable bonds is 12. The SMILES string of the molecule is CO[C@@H]1[C@H](C)[C@H](CC2C[C@@H](OC)[C@@H](C)C3(O2)O[C@](C)([C@H]2CC[C@@H]([C@H]4CC[C@H]([C@H]5O[C@](C)(O)[C@H](C)C[C@@H]5C)O4)O2)[C@@H](O[C@H]2CC[C@H](OC)[C@@H](C)O2)[C@H]3C)O[C@](O)([C@@H](C)C(=O)O)[C@H]1C. The second-order valence-electron chi connectivity index (χ2n) is 20.8. The molecular weight excluding hydrogens is 805 g/mol. The van der Waals surface area contributed by atoms with Gasteiger partial charge in [0.1, 0.15) is 11.5 Å². The number of carboxylic acid groups (broad SMARTS) is 1. The summed E-state index contributed by atoms with van der Waals surface area (Å²) < 4.78 is 72.9. The van der Waals surface area contributed by atoms with Crippen molar-refractivity contribution in [3.05, 3.63) is 0 Å². The van der Waals surface area contributed by atoms with Crippen LogP contribution in [0.2, 0.25) is 0 Å². The van der Waals surface area contributed by atoms with Gasteiger partial charge < -0.3 is 67.4 Å². The van der Waals surface area contributed by atoms with Crippen molar-refractivity contribution in [1.29, 1.82) is 0 Å². The van der Waals surface area contributed by atoms with Crippen molar-refractivity contribution < 1.29 is 72.2 Å². The standard InChI is InChI=1S/C47H80O15/c1-23-20-24(2)45(10,50)61-40(23)35-15-14-33(56-35)34-16-18-38(57-34)44(9)42(58-39-19-17-32(52-11)30(8)55-39)28(6)47(62-44)26(4)37(53-12)22-31(59-47)21-36-25(3)41(54-13)27(5)46(51,60-36)29(7)43(48)49/h23-42,50-51H,14-22H2,1-13H3,(H,48,49)/t23-,24+,25+,26+,27-,28+,29-,30+,31?,32-,33+,34-,35+,36-,37+,38+,39-,40-,41+,42-,44+,45-,46-,47?/m0/s1. The van der Waals surface area contributed by atoms with Crippen molar-refractivity contribution in [2.45, 2.75) is 230 Å². The lowest BCUT2D eigenvalue weighted by atomic mass is 9.74. The number of ether oxygens (including phenoxy) is 11. The van der Waals surface area contributed by atoms with Gasteiger partial charge in [-0.05, 0) is 72.1 Å². The Morgan fingerprint density at radius 3 is 2.05 bits per heavy atom. The van der Waals surface area contributed by atoms with Crippen molar-refractivity contribution in [2.75, 3.05) is 21.3 Å². The summed E-state index contributed by atoms with van der Waals surface area (Å²) in [7, 11) is 5.01. The minimum atomic E-state index is -1.96. The van der Waals surface area contributed by atoms with E-state index in [1.165, 1.54) is 6.92 Å². The Kier molecular flexibility index (Phi) is 14.6. The lowest BCUT2D eigenvalue weighted by Crippen LogP contribution is -2.63. The number of aliphatic hydroxyl groups is 2. The molecule has 7 saturated heterocycles. The Morgan fingerprint density at radius 1 is 0.742 bits per heavy atom. The molecule has 24 atom stereocenters. The Bertz CT molecular complexity index is 1530. The quantitative estimate of drug-likeness (QED) is 0.213. The van der Waals surface area contributed by atoms with E-state index in [0.29, 0.717) is 19.3 Å². The summed E-state index contributed by atoms with van der Waals surface area (Å²) in [6.45, 7) is 19.6. The van der Waals surface area contributed by atoms with E-state index < -0.39 is 71.5 Å². The normalized spacial score (nSPS) is 54.2. The molecule has 0 aliphatic carbocycles. The molecule has 0 aromatic carbocycles. The summed E-state index contributed by atoms with van der Waals surface area (Å²) in [5, 5.41) is 32.9. The minimum Gasteiger partial charge on any atom is -0.481 e. The fourth-order valence-electron chi connectivity index (χ4n) is 12.8. The van der Waals surface area contributed by atoms with Gasteiger partial charge in [0.05, 0.1) is 73.2 Å². The summed E-state index contributed by atoms with van der Waals surface area (Å²) in [6.07, 6.45) is 2.41. The summed E-state index contributed by atoms with van der Waals surface area (Å²) in [5.41, 5.74) is -0.983. The van der Waals surface area contributed by atoms with E-state index in [1.54, 1.807) is 35.2 Å². The monoisotopic (exact) mass is 885 g/mol. The van der Waals surface area contributed by atoms with Crippen molar-refractivity contribution in [3.8, 4) is 0 Å². The van der Waals surface area contributed by atoms with E-state index in [9.17, 15) is 20.1 Å². The van der Waals surface area contributed by atoms with E-state index in [0.717, 1.165) is 38.5 Å². The molecule has 0 aromatic heterocycles. The molecule has 0 bridgehead atoms. The highest BCUT2D eigenvalue weighted by molar-refractivity contribution is 5.70. The van der Waals surface area contributed by atoms with E-state index in [-0.39, 0.29) is 78.4 Å². The van der Waals surface area contributed by atoms with Gasteiger partial charge in [-0.2, -0.15) is 0 Å². The molecule has 1 spiro atoms. The van der Waals surface area contributed by atoms with Crippen molar-refractivity contribution >= 4 is 5.97 Å². The van der Waals surface area contributed by atoms with Crippen LogP contribution in [0.1, 0.15) is 127 Å². The zero-order valence-electron chi connectivity index (χ0n) is 39.7. The Labute approximate surface area is 369 Å². The third-order valence-corrected chi connectivity index (χ3v) is 17.0. The molecule has 7 aliphatic heterocycles. The highest BCUT2D eigenvalue weighted by atomic mass is 16.8. The lowest BCUT2D eigenvalue weighted by molar-refractivity contribution is -0.364. The molecule has 15 heteroatoms. The number of hydrogen-bond donors (Lipinski definition) is 3. The third kappa shape index (κ3) is 8.69. The van der Waals surface area contributed by atoms with E-state index in [4.69, 9.17) is 52.1 Å². The first-order valence-corrected chi connectivity index (χ1v) is 23.7. The molecule has 0 aromatic rings. The van der Waals surface area contributed by atoms with Crippen LogP contribution < -0.4 is 0 Å². The number of aliphatic carboxylic acids is 1. The van der Waals surface area contributed by atoms with Gasteiger partial charge in [0.2, 0.25) is 0 Å². The minimum absolute atomic E-state index is 0.0262. The molecule has 3 N–H and O–H groups in total. The highest BCUT2D eigenvalue weighted by Crippen LogP contribution is 2.57. The predicted octanol–water partition coefficient (Wildman–Crippen LogP) is 5.82. The summed E-state index contributed by atoms with van der Waals surface area (Å²) in [6, 6.07) is 0. The average molecular weight is 885 g/mol. The molecule has 62 heavy (non-hydrogen) atoms. The zero-order chi connectivity index (χ0) is 45.3. The van der Waals surface area contributed by atoms with Gasteiger partial charge in [-0.3, -0.25) is 4.79 Å². The first-order chi connectivity index (χ1) is 29.1. The van der Waals surface area contributed by atoms with Crippen LogP contribution in [0.4, 0.5) is 0 Å². The van der Waals surface area contributed by atoms with E-state index >= 15 is 0 Å². The fourth-order valence-corrected chi connectivity index (χ4v) is 12.8. The second-order valence-corrected chi connectivity index (χ2v) is 20.8. The molecule has 0 amide bonds. The summed E-state index contributed by atoms with van der Waals surface area (Å²) in [5.74, 6) is -7.74. The van der Waals surface area contributed by atoms with Crippen LogP contribution in [0.15, 0.2) is 0 Å². The van der Waals surface area contributed by atoms with Crippen LogP contribution in [-0.2, 0) is 56.9 Å². The molecule has 7 rings (SSSR count). The molecule has 7 heterocycles. The van der Waals surface area contributed by atoms with Gasteiger partial charge in [0, 0.05) is 70.2 Å². The molecule has 2 unspecified atom stereocenters. The Balaban J connectivity index is 1.14. The predicted molar refractivity (Wildman–Crippen MR) is 225 cm³/mol. The largest absolute Gasteiger partial charge is 0.481 e. The topological polar surface area (TPSA) is 179 Å². The van der Waals surface area contributed by atoms with E-state index in [1.807, 2.05) is 20.8 Å². The van der Waals surface area contributed by atoms with Crippen LogP contribution in [0.25, 0.3) is 0 Å². The number of carboxylic acids is 1. The number of hydrogen-bond acceptors (Lipinski definition) is 14. The average Bonchev–Trinajstić information content (AvgIpc) is 3.96. The summed E-state index contributed by atoms with van der Waals surface area (Å²) in [4.78, 5) is 12.3. The molecule has 7 aliphatic rings. The Hall–Kier alpha value is -1.05. The van der Waals surface area contributed by atoms with Crippen molar-refractivity contribution in [1.82, 2.24) is 0 Å². The first-order valence-electron chi connectivity index (χ1n) is 23.7. The third-order valence-electron chi connectivity index (χ3n) is 17.0. The van der Waals surface area contributed by atoms with Gasteiger partial charge in [-0.15, -0.1) is 0 Å². The molecule has 7 fully saturated rings. The van der Waals surface area contributed by atoms with Gasteiger partial charge in [0.25, 0.3) is 0 Å². The van der Waals surface area contributed by atoms with E-state index in [2.05, 4.69) is 27.7 Å². The lowest BCUT2D eigenvalue weighted by Gasteiger charge is -2.53. The maximum Gasteiger partial charge on any atom is 0.311 e. The fraction of sp³-hybridized carbons (Fsp3) is 0.979. The number of carbonyl (C=O) groups is 1. The van der Waals surface area contributed by atoms with Gasteiger partial charge in [-0.25, -0.2) is 0 Å². The second kappa shape index (κ2) is 18.6. The molecular formula is C47H80O15. The highest BCUT2D eigenvalue weighted by Gasteiger charge is 2.69. The zero-order valence-corrected chi connectivity index (χ0v) is 39.7. The molecule has 0 saturated carbocycles. The first kappa shape index (κ1) is 48.9. The van der Waals surface area contributed by atoms with Crippen LogP contribution in [0.3, 0.4) is 0 Å². The Morgan fingerprint density at radius 2 is 1.40 bits per heavy atom.